The molecule has 102 valence electrons. The lowest BCUT2D eigenvalue weighted by molar-refractivity contribution is -0.131. The van der Waals surface area contributed by atoms with Crippen LogP contribution in [-0.2, 0) is 11.3 Å². The average Bonchev–Trinajstić information content (AvgIpc) is 3.27. The number of aromatic hydroxyl groups is 1. The highest BCUT2D eigenvalue weighted by Gasteiger charge is 2.33. The molecular formula is C15H20N2O2. The minimum atomic E-state index is 0.178. The smallest absolute Gasteiger partial charge is 0.237 e. The molecule has 0 radical (unpaired) electrons. The molecule has 0 saturated heterocycles. The van der Waals surface area contributed by atoms with Crippen molar-refractivity contribution in [2.45, 2.75) is 44.3 Å². The average molecular weight is 260 g/mol. The van der Waals surface area contributed by atoms with Crippen LogP contribution in [0.25, 0.3) is 0 Å². The van der Waals surface area contributed by atoms with E-state index in [9.17, 15) is 9.90 Å². The van der Waals surface area contributed by atoms with E-state index in [1.165, 1.54) is 12.8 Å². The minimum Gasteiger partial charge on any atom is -0.508 e. The van der Waals surface area contributed by atoms with E-state index in [0.717, 1.165) is 18.4 Å². The summed E-state index contributed by atoms with van der Waals surface area (Å²) in [5.74, 6) is 0.439. The van der Waals surface area contributed by atoms with Crippen molar-refractivity contribution in [1.29, 1.82) is 0 Å². The predicted octanol–water partition coefficient (Wildman–Crippen LogP) is 1.64. The molecule has 19 heavy (non-hydrogen) atoms. The third kappa shape index (κ3) is 3.47. The highest BCUT2D eigenvalue weighted by Crippen LogP contribution is 2.29. The molecule has 2 saturated carbocycles. The number of phenols is 1. The van der Waals surface area contributed by atoms with Gasteiger partial charge in [0.15, 0.2) is 0 Å². The SMILES string of the molecule is O=C(CNC1CC1)N(Cc1cccc(O)c1)C1CC1. The molecule has 4 heteroatoms. The maximum Gasteiger partial charge on any atom is 0.237 e. The van der Waals surface area contributed by atoms with Gasteiger partial charge in [0, 0.05) is 18.6 Å². The van der Waals surface area contributed by atoms with Crippen LogP contribution >= 0.6 is 0 Å². The van der Waals surface area contributed by atoms with Gasteiger partial charge in [0.1, 0.15) is 5.75 Å². The first kappa shape index (κ1) is 12.5. The number of carbonyl (C=O) groups is 1. The first-order chi connectivity index (χ1) is 9.22. The second-order valence-corrected chi connectivity index (χ2v) is 5.58. The van der Waals surface area contributed by atoms with Gasteiger partial charge in [-0.05, 0) is 43.4 Å². The zero-order chi connectivity index (χ0) is 13.2. The maximum absolute atomic E-state index is 12.2. The van der Waals surface area contributed by atoms with Gasteiger partial charge in [0.25, 0.3) is 0 Å². The molecule has 4 nitrogen and oxygen atoms in total. The van der Waals surface area contributed by atoms with Crippen molar-refractivity contribution in [3.8, 4) is 5.75 Å². The number of nitrogens with one attached hydrogen (secondary N) is 1. The number of nitrogens with zero attached hydrogens (tertiary/aromatic N) is 1. The van der Waals surface area contributed by atoms with Crippen molar-refractivity contribution in [3.63, 3.8) is 0 Å². The highest BCUT2D eigenvalue weighted by molar-refractivity contribution is 5.79. The Balaban J connectivity index is 1.61. The van der Waals surface area contributed by atoms with Gasteiger partial charge < -0.3 is 15.3 Å². The van der Waals surface area contributed by atoms with Gasteiger partial charge in [0.05, 0.1) is 6.54 Å². The van der Waals surface area contributed by atoms with Crippen molar-refractivity contribution in [2.24, 2.45) is 0 Å². The quantitative estimate of drug-likeness (QED) is 0.817. The fourth-order valence-electron chi connectivity index (χ4n) is 2.28. The van der Waals surface area contributed by atoms with E-state index >= 15 is 0 Å². The first-order valence-electron chi connectivity index (χ1n) is 7.03. The maximum atomic E-state index is 12.2. The molecule has 0 bridgehead atoms. The highest BCUT2D eigenvalue weighted by atomic mass is 16.3. The molecule has 3 rings (SSSR count). The Kier molecular flexibility index (Phi) is 3.42. The summed E-state index contributed by atoms with van der Waals surface area (Å²) in [5, 5.41) is 12.8. The van der Waals surface area contributed by atoms with Crippen LogP contribution < -0.4 is 5.32 Å². The molecule has 2 fully saturated rings. The standard InChI is InChI=1S/C15H20N2O2/c18-14-3-1-2-11(8-14)10-17(13-6-7-13)15(19)9-16-12-4-5-12/h1-3,8,12-13,16,18H,4-7,9-10H2. The zero-order valence-electron chi connectivity index (χ0n) is 11.0. The Morgan fingerprint density at radius 1 is 1.32 bits per heavy atom. The Hall–Kier alpha value is -1.55. The van der Waals surface area contributed by atoms with Crippen molar-refractivity contribution >= 4 is 5.91 Å². The number of hydrogen-bond donors (Lipinski definition) is 2. The van der Waals surface area contributed by atoms with Crippen LogP contribution in [0.3, 0.4) is 0 Å². The largest absolute Gasteiger partial charge is 0.508 e. The molecule has 0 atom stereocenters. The molecule has 0 spiro atoms. The van der Waals surface area contributed by atoms with E-state index in [1.807, 2.05) is 17.0 Å². The Morgan fingerprint density at radius 3 is 2.74 bits per heavy atom. The molecule has 1 amide bonds. The van der Waals surface area contributed by atoms with E-state index in [1.54, 1.807) is 12.1 Å². The van der Waals surface area contributed by atoms with E-state index in [-0.39, 0.29) is 11.7 Å². The van der Waals surface area contributed by atoms with Gasteiger partial charge in [-0.1, -0.05) is 12.1 Å². The lowest BCUT2D eigenvalue weighted by atomic mass is 10.2. The number of benzene rings is 1. The second-order valence-electron chi connectivity index (χ2n) is 5.58. The molecule has 0 aromatic heterocycles. The molecule has 0 heterocycles. The summed E-state index contributed by atoms with van der Waals surface area (Å²) >= 11 is 0. The summed E-state index contributed by atoms with van der Waals surface area (Å²) in [4.78, 5) is 14.2. The van der Waals surface area contributed by atoms with Crippen molar-refractivity contribution in [1.82, 2.24) is 10.2 Å². The fraction of sp³-hybridized carbons (Fsp3) is 0.533. The van der Waals surface area contributed by atoms with Crippen LogP contribution in [0.2, 0.25) is 0 Å². The van der Waals surface area contributed by atoms with Crippen molar-refractivity contribution in [3.05, 3.63) is 29.8 Å². The molecule has 0 unspecified atom stereocenters. The Morgan fingerprint density at radius 2 is 2.11 bits per heavy atom. The number of amides is 1. The van der Waals surface area contributed by atoms with Crippen LogP contribution in [0.15, 0.2) is 24.3 Å². The Labute approximate surface area is 113 Å². The fourth-order valence-corrected chi connectivity index (χ4v) is 2.28. The van der Waals surface area contributed by atoms with Crippen LogP contribution in [0.1, 0.15) is 31.2 Å². The molecule has 1 aromatic rings. The zero-order valence-corrected chi connectivity index (χ0v) is 11.0. The predicted molar refractivity (Wildman–Crippen MR) is 72.7 cm³/mol. The van der Waals surface area contributed by atoms with Gasteiger partial charge in [-0.3, -0.25) is 4.79 Å². The lowest BCUT2D eigenvalue weighted by Gasteiger charge is -2.23. The molecule has 0 aliphatic heterocycles. The molecule has 2 aliphatic rings. The second kappa shape index (κ2) is 5.21. The van der Waals surface area contributed by atoms with Crippen LogP contribution in [-0.4, -0.2) is 34.5 Å². The van der Waals surface area contributed by atoms with Gasteiger partial charge in [-0.25, -0.2) is 0 Å². The lowest BCUT2D eigenvalue weighted by Crippen LogP contribution is -2.39. The summed E-state index contributed by atoms with van der Waals surface area (Å²) in [6.07, 6.45) is 4.61. The summed E-state index contributed by atoms with van der Waals surface area (Å²) < 4.78 is 0. The summed E-state index contributed by atoms with van der Waals surface area (Å²) in [7, 11) is 0. The van der Waals surface area contributed by atoms with E-state index < -0.39 is 0 Å². The summed E-state index contributed by atoms with van der Waals surface area (Å²) in [6.45, 7) is 1.05. The number of rotatable bonds is 6. The third-order valence-corrected chi connectivity index (χ3v) is 3.69. The van der Waals surface area contributed by atoms with Gasteiger partial charge in [0.2, 0.25) is 5.91 Å². The molecule has 2 N–H and O–H groups in total. The molecule has 1 aromatic carbocycles. The van der Waals surface area contributed by atoms with E-state index in [4.69, 9.17) is 0 Å². The van der Waals surface area contributed by atoms with E-state index in [0.29, 0.717) is 25.2 Å². The van der Waals surface area contributed by atoms with Gasteiger partial charge in [-0.2, -0.15) is 0 Å². The molecular weight excluding hydrogens is 240 g/mol. The number of hydrogen-bond acceptors (Lipinski definition) is 3. The molecule has 2 aliphatic carbocycles. The Bertz CT molecular complexity index is 467. The van der Waals surface area contributed by atoms with Gasteiger partial charge >= 0.3 is 0 Å². The number of carbonyl (C=O) groups excluding carboxylic acids is 1. The topological polar surface area (TPSA) is 52.6 Å². The third-order valence-electron chi connectivity index (χ3n) is 3.69. The minimum absolute atomic E-state index is 0.178. The van der Waals surface area contributed by atoms with Crippen LogP contribution in [0.5, 0.6) is 5.75 Å². The summed E-state index contributed by atoms with van der Waals surface area (Å²) in [5.41, 5.74) is 0.992. The normalized spacial score (nSPS) is 18.3. The number of phenolic OH excluding ortho intramolecular Hbond substituents is 1. The van der Waals surface area contributed by atoms with E-state index in [2.05, 4.69) is 5.32 Å². The van der Waals surface area contributed by atoms with Crippen molar-refractivity contribution in [2.75, 3.05) is 6.54 Å². The first-order valence-corrected chi connectivity index (χ1v) is 7.03. The van der Waals surface area contributed by atoms with Crippen LogP contribution in [0.4, 0.5) is 0 Å². The monoisotopic (exact) mass is 260 g/mol. The van der Waals surface area contributed by atoms with Crippen molar-refractivity contribution < 1.29 is 9.90 Å². The van der Waals surface area contributed by atoms with Crippen LogP contribution in [0, 0.1) is 0 Å². The summed E-state index contributed by atoms with van der Waals surface area (Å²) in [6, 6.07) is 8.12. The van der Waals surface area contributed by atoms with Gasteiger partial charge in [-0.15, -0.1) is 0 Å².